The first-order chi connectivity index (χ1) is 8.99. The Labute approximate surface area is 114 Å². The van der Waals surface area contributed by atoms with E-state index in [2.05, 4.69) is 20.4 Å². The largest absolute Gasteiger partial charge is 0.458 e. The summed E-state index contributed by atoms with van der Waals surface area (Å²) in [7, 11) is 0. The van der Waals surface area contributed by atoms with Gasteiger partial charge in [-0.25, -0.2) is 4.79 Å². The molecule has 0 aromatic heterocycles. The zero-order valence-electron chi connectivity index (χ0n) is 11.5. The van der Waals surface area contributed by atoms with Crippen LogP contribution in [0.5, 0.6) is 0 Å². The molecule has 1 aliphatic heterocycles. The molecule has 19 heavy (non-hydrogen) atoms. The molecular weight excluding hydrogens is 240 g/mol. The number of hydrogen-bond acceptors (Lipinski definition) is 3. The molecular formula is C16H20O3. The average molecular weight is 260 g/mol. The van der Waals surface area contributed by atoms with Crippen molar-refractivity contribution in [3.05, 3.63) is 48.0 Å². The van der Waals surface area contributed by atoms with E-state index in [0.29, 0.717) is 25.2 Å². The maximum absolute atomic E-state index is 11.4. The third-order valence-corrected chi connectivity index (χ3v) is 3.43. The minimum absolute atomic E-state index is 0.136. The number of rotatable bonds is 5. The van der Waals surface area contributed by atoms with Crippen LogP contribution in [0.2, 0.25) is 0 Å². The van der Waals surface area contributed by atoms with Crippen LogP contribution in [0.4, 0.5) is 0 Å². The standard InChI is InChI=1S/C16H20O3/c1-12-9-14(19-15(12)17)16(2,3)11-18-10-13-7-5-4-6-8-13/h4-8,14H,1,9-11H2,2-3H3. The Kier molecular flexibility index (Phi) is 4.05. The van der Waals surface area contributed by atoms with Gasteiger partial charge in [0.2, 0.25) is 0 Å². The molecule has 1 saturated heterocycles. The Morgan fingerprint density at radius 3 is 2.63 bits per heavy atom. The smallest absolute Gasteiger partial charge is 0.333 e. The maximum atomic E-state index is 11.4. The minimum Gasteiger partial charge on any atom is -0.458 e. The van der Waals surface area contributed by atoms with Gasteiger partial charge in [-0.1, -0.05) is 50.8 Å². The first kappa shape index (κ1) is 13.8. The highest BCUT2D eigenvalue weighted by atomic mass is 16.6. The van der Waals surface area contributed by atoms with Crippen LogP contribution >= 0.6 is 0 Å². The van der Waals surface area contributed by atoms with Crippen molar-refractivity contribution in [2.24, 2.45) is 5.41 Å². The molecule has 1 aromatic carbocycles. The van der Waals surface area contributed by atoms with Crippen LogP contribution in [0.3, 0.4) is 0 Å². The first-order valence-corrected chi connectivity index (χ1v) is 6.49. The number of esters is 1. The molecule has 1 fully saturated rings. The summed E-state index contributed by atoms with van der Waals surface area (Å²) < 4.78 is 11.1. The second kappa shape index (κ2) is 5.57. The van der Waals surface area contributed by atoms with Crippen LogP contribution in [0.15, 0.2) is 42.5 Å². The van der Waals surface area contributed by atoms with Crippen molar-refractivity contribution < 1.29 is 14.3 Å². The zero-order chi connectivity index (χ0) is 13.9. The number of carbonyl (C=O) groups excluding carboxylic acids is 1. The normalized spacial score (nSPS) is 19.6. The lowest BCUT2D eigenvalue weighted by Gasteiger charge is -2.29. The molecule has 102 valence electrons. The van der Waals surface area contributed by atoms with Crippen molar-refractivity contribution in [1.82, 2.24) is 0 Å². The Morgan fingerprint density at radius 1 is 1.37 bits per heavy atom. The Morgan fingerprint density at radius 2 is 2.05 bits per heavy atom. The van der Waals surface area contributed by atoms with Gasteiger partial charge in [-0.05, 0) is 5.56 Å². The first-order valence-electron chi connectivity index (χ1n) is 6.49. The summed E-state index contributed by atoms with van der Waals surface area (Å²) in [6, 6.07) is 10.0. The van der Waals surface area contributed by atoms with Crippen molar-refractivity contribution in [3.63, 3.8) is 0 Å². The number of ether oxygens (including phenoxy) is 2. The Bertz CT molecular complexity index is 446. The highest BCUT2D eigenvalue weighted by molar-refractivity contribution is 5.90. The fourth-order valence-corrected chi connectivity index (χ4v) is 2.10. The van der Waals surface area contributed by atoms with E-state index in [1.54, 1.807) is 0 Å². The fraction of sp³-hybridized carbons (Fsp3) is 0.438. The minimum atomic E-state index is -0.277. The van der Waals surface area contributed by atoms with Crippen LogP contribution in [0.1, 0.15) is 25.8 Å². The van der Waals surface area contributed by atoms with E-state index in [0.717, 1.165) is 5.56 Å². The number of benzene rings is 1. The average Bonchev–Trinajstić information content (AvgIpc) is 2.72. The molecule has 1 heterocycles. The third-order valence-electron chi connectivity index (χ3n) is 3.43. The Hall–Kier alpha value is -1.61. The van der Waals surface area contributed by atoms with Crippen LogP contribution in [0, 0.1) is 5.41 Å². The van der Waals surface area contributed by atoms with E-state index >= 15 is 0 Å². The van der Waals surface area contributed by atoms with E-state index in [-0.39, 0.29) is 17.5 Å². The summed E-state index contributed by atoms with van der Waals surface area (Å²) in [5.41, 5.74) is 1.50. The predicted octanol–water partition coefficient (Wildman–Crippen LogP) is 3.10. The van der Waals surface area contributed by atoms with Crippen LogP contribution in [-0.4, -0.2) is 18.7 Å². The highest BCUT2D eigenvalue weighted by Crippen LogP contribution is 2.33. The number of cyclic esters (lactones) is 1. The van der Waals surface area contributed by atoms with Gasteiger partial charge >= 0.3 is 5.97 Å². The summed E-state index contributed by atoms with van der Waals surface area (Å²) >= 11 is 0. The summed E-state index contributed by atoms with van der Waals surface area (Å²) in [4.78, 5) is 11.4. The number of hydrogen-bond donors (Lipinski definition) is 0. The summed E-state index contributed by atoms with van der Waals surface area (Å²) in [5, 5.41) is 0. The van der Waals surface area contributed by atoms with Gasteiger partial charge in [0, 0.05) is 17.4 Å². The van der Waals surface area contributed by atoms with Gasteiger partial charge in [0.15, 0.2) is 0 Å². The monoisotopic (exact) mass is 260 g/mol. The topological polar surface area (TPSA) is 35.5 Å². The molecule has 2 rings (SSSR count). The molecule has 0 spiro atoms. The molecule has 1 aromatic rings. The summed E-state index contributed by atoms with van der Waals surface area (Å²) in [6.45, 7) is 8.94. The maximum Gasteiger partial charge on any atom is 0.333 e. The van der Waals surface area contributed by atoms with Crippen molar-refractivity contribution in [2.75, 3.05) is 6.61 Å². The van der Waals surface area contributed by atoms with Gasteiger partial charge in [0.1, 0.15) is 6.10 Å². The van der Waals surface area contributed by atoms with Crippen LogP contribution in [0.25, 0.3) is 0 Å². The summed E-state index contributed by atoms with van der Waals surface area (Å²) in [5.74, 6) is -0.277. The van der Waals surface area contributed by atoms with Crippen LogP contribution < -0.4 is 0 Å². The lowest BCUT2D eigenvalue weighted by Crippen LogP contribution is -2.33. The SMILES string of the molecule is C=C1CC(C(C)(C)COCc2ccccc2)OC1=O. The van der Waals surface area contributed by atoms with E-state index in [4.69, 9.17) is 9.47 Å². The van der Waals surface area contributed by atoms with Gasteiger partial charge in [0.05, 0.1) is 13.2 Å². The van der Waals surface area contributed by atoms with Crippen molar-refractivity contribution >= 4 is 5.97 Å². The molecule has 0 amide bonds. The molecule has 3 heteroatoms. The second-order valence-corrected chi connectivity index (χ2v) is 5.67. The fourth-order valence-electron chi connectivity index (χ4n) is 2.10. The third kappa shape index (κ3) is 3.44. The molecule has 0 N–H and O–H groups in total. The highest BCUT2D eigenvalue weighted by Gasteiger charge is 2.39. The van der Waals surface area contributed by atoms with E-state index < -0.39 is 0 Å². The molecule has 1 aliphatic rings. The molecule has 0 radical (unpaired) electrons. The zero-order valence-corrected chi connectivity index (χ0v) is 11.5. The van der Waals surface area contributed by atoms with Crippen molar-refractivity contribution in [2.45, 2.75) is 33.0 Å². The lowest BCUT2D eigenvalue weighted by molar-refractivity contribution is -0.145. The van der Waals surface area contributed by atoms with Gasteiger partial charge in [-0.3, -0.25) is 0 Å². The van der Waals surface area contributed by atoms with Gasteiger partial charge < -0.3 is 9.47 Å². The van der Waals surface area contributed by atoms with Crippen LogP contribution in [-0.2, 0) is 20.9 Å². The quantitative estimate of drug-likeness (QED) is 0.603. The molecule has 3 nitrogen and oxygen atoms in total. The lowest BCUT2D eigenvalue weighted by atomic mass is 9.85. The molecule has 0 aliphatic carbocycles. The molecule has 0 bridgehead atoms. The summed E-state index contributed by atoms with van der Waals surface area (Å²) in [6.07, 6.45) is 0.462. The van der Waals surface area contributed by atoms with Gasteiger partial charge in [0.25, 0.3) is 0 Å². The predicted molar refractivity (Wildman–Crippen MR) is 73.5 cm³/mol. The van der Waals surface area contributed by atoms with Gasteiger partial charge in [-0.15, -0.1) is 0 Å². The van der Waals surface area contributed by atoms with Gasteiger partial charge in [-0.2, -0.15) is 0 Å². The number of carbonyl (C=O) groups is 1. The second-order valence-electron chi connectivity index (χ2n) is 5.67. The molecule has 1 unspecified atom stereocenters. The van der Waals surface area contributed by atoms with Crippen molar-refractivity contribution in [3.8, 4) is 0 Å². The molecule has 0 saturated carbocycles. The van der Waals surface area contributed by atoms with E-state index in [9.17, 15) is 4.79 Å². The van der Waals surface area contributed by atoms with Crippen molar-refractivity contribution in [1.29, 1.82) is 0 Å². The Balaban J connectivity index is 1.84. The van der Waals surface area contributed by atoms with E-state index in [1.807, 2.05) is 30.3 Å². The van der Waals surface area contributed by atoms with E-state index in [1.165, 1.54) is 0 Å². The molecule has 1 atom stereocenters.